The van der Waals surface area contributed by atoms with Gasteiger partial charge in [0.1, 0.15) is 5.82 Å². The van der Waals surface area contributed by atoms with Gasteiger partial charge in [-0.3, -0.25) is 14.5 Å². The Morgan fingerprint density at radius 1 is 1.13 bits per heavy atom. The van der Waals surface area contributed by atoms with E-state index in [2.05, 4.69) is 10.2 Å². The highest BCUT2D eigenvalue weighted by molar-refractivity contribution is 6.31. The maximum absolute atomic E-state index is 13.2. The van der Waals surface area contributed by atoms with E-state index in [9.17, 15) is 14.0 Å². The fraction of sp³-hybridized carbons (Fsp3) is 0.333. The highest BCUT2D eigenvalue weighted by atomic mass is 35.5. The number of hydrogen-bond acceptors (Lipinski definition) is 3. The van der Waals surface area contributed by atoms with E-state index in [1.807, 2.05) is 17.0 Å². The van der Waals surface area contributed by atoms with Crippen molar-refractivity contribution in [2.45, 2.75) is 38.4 Å². The minimum absolute atomic E-state index is 0.0398. The topological polar surface area (TPSA) is 52.7 Å². The highest BCUT2D eigenvalue weighted by Crippen LogP contribution is 2.32. The third-order valence-corrected chi connectivity index (χ3v) is 6.19. The quantitative estimate of drug-likeness (QED) is 0.703. The maximum atomic E-state index is 13.2. The van der Waals surface area contributed by atoms with Crippen LogP contribution in [0.15, 0.2) is 48.5 Å². The molecule has 2 unspecified atom stereocenters. The molecule has 2 aromatic rings. The van der Waals surface area contributed by atoms with Gasteiger partial charge in [0.05, 0.1) is 0 Å². The lowest BCUT2D eigenvalue weighted by atomic mass is 10.1. The van der Waals surface area contributed by atoms with E-state index < -0.39 is 0 Å². The summed E-state index contributed by atoms with van der Waals surface area (Å²) in [6.45, 7) is 3.57. The molecule has 0 radical (unpaired) electrons. The van der Waals surface area contributed by atoms with Crippen molar-refractivity contribution in [3.8, 4) is 0 Å². The summed E-state index contributed by atoms with van der Waals surface area (Å²) in [7, 11) is 0. The summed E-state index contributed by atoms with van der Waals surface area (Å²) >= 11 is 6.03. The molecule has 2 aliphatic rings. The Morgan fingerprint density at radius 2 is 1.81 bits per heavy atom. The molecule has 7 heteroatoms. The zero-order chi connectivity index (χ0) is 22.0. The van der Waals surface area contributed by atoms with Crippen LogP contribution in [0.4, 0.5) is 10.1 Å². The van der Waals surface area contributed by atoms with Crippen LogP contribution in [0.3, 0.4) is 0 Å². The molecule has 31 heavy (non-hydrogen) atoms. The highest BCUT2D eigenvalue weighted by Gasteiger charge is 2.40. The van der Waals surface area contributed by atoms with Crippen LogP contribution in [0.2, 0.25) is 5.02 Å². The molecule has 0 aromatic heterocycles. The van der Waals surface area contributed by atoms with Crippen molar-refractivity contribution in [3.05, 3.63) is 70.5 Å². The number of fused-ring (bicyclic) bond motifs is 2. The molecule has 4 rings (SSSR count). The molecule has 0 spiro atoms. The summed E-state index contributed by atoms with van der Waals surface area (Å²) in [6.07, 6.45) is 5.40. The Bertz CT molecular complexity index is 994. The number of piperazine rings is 1. The molecule has 2 atom stereocenters. The van der Waals surface area contributed by atoms with Crippen molar-refractivity contribution in [2.24, 2.45) is 0 Å². The molecular weight excluding hydrogens is 417 g/mol. The Kier molecular flexibility index (Phi) is 6.39. The van der Waals surface area contributed by atoms with Crippen LogP contribution >= 0.6 is 11.6 Å². The summed E-state index contributed by atoms with van der Waals surface area (Å²) in [5, 5.41) is 3.26. The second-order valence-electron chi connectivity index (χ2n) is 8.17. The van der Waals surface area contributed by atoms with Crippen molar-refractivity contribution in [1.82, 2.24) is 9.80 Å². The molecule has 162 valence electrons. The van der Waals surface area contributed by atoms with E-state index in [4.69, 9.17) is 11.6 Å². The van der Waals surface area contributed by atoms with Crippen molar-refractivity contribution in [2.75, 3.05) is 18.4 Å². The minimum atomic E-state index is -0.226. The van der Waals surface area contributed by atoms with Crippen LogP contribution < -0.4 is 5.32 Å². The van der Waals surface area contributed by atoms with E-state index in [0.717, 1.165) is 30.5 Å². The first-order valence-electron chi connectivity index (χ1n) is 10.4. The fourth-order valence-corrected chi connectivity index (χ4v) is 4.64. The van der Waals surface area contributed by atoms with Gasteiger partial charge in [0.15, 0.2) is 0 Å². The molecule has 2 amide bonds. The van der Waals surface area contributed by atoms with Crippen LogP contribution in [0.1, 0.15) is 30.9 Å². The summed E-state index contributed by atoms with van der Waals surface area (Å²) in [5.74, 6) is -0.463. The Morgan fingerprint density at radius 3 is 2.45 bits per heavy atom. The van der Waals surface area contributed by atoms with Gasteiger partial charge in [0.25, 0.3) is 0 Å². The van der Waals surface area contributed by atoms with E-state index in [0.29, 0.717) is 35.9 Å². The molecule has 1 N–H and O–H groups in total. The number of amides is 2. The lowest BCUT2D eigenvalue weighted by Crippen LogP contribution is -2.54. The largest absolute Gasteiger partial charge is 0.336 e. The predicted octanol–water partition coefficient (Wildman–Crippen LogP) is 4.33. The standard InChI is InChI=1S/C24H25ClFN3O2/c1-16(30)27-23-12-19(25)6-4-18(23)5-11-24(31)28-14-21-9-10-22(15-28)29(21)13-17-2-7-20(26)8-3-17/h2-8,11-12,21-22H,9-10,13-15H2,1H3,(H,27,30)/b11-5+. The average Bonchev–Trinajstić information content (AvgIpc) is 2.95. The molecule has 0 aliphatic carbocycles. The molecule has 0 saturated carbocycles. The molecular formula is C24H25ClFN3O2. The van der Waals surface area contributed by atoms with Gasteiger partial charge in [-0.05, 0) is 54.3 Å². The van der Waals surface area contributed by atoms with Crippen LogP contribution in [0.5, 0.6) is 0 Å². The number of rotatable bonds is 5. The number of nitrogens with zero attached hydrogens (tertiary/aromatic N) is 2. The van der Waals surface area contributed by atoms with Crippen molar-refractivity contribution >= 4 is 35.2 Å². The van der Waals surface area contributed by atoms with Crippen LogP contribution in [0.25, 0.3) is 6.08 Å². The summed E-state index contributed by atoms with van der Waals surface area (Å²) in [6, 6.07) is 12.4. The third kappa shape index (κ3) is 5.14. The maximum Gasteiger partial charge on any atom is 0.246 e. The van der Waals surface area contributed by atoms with Crippen LogP contribution in [-0.2, 0) is 16.1 Å². The minimum Gasteiger partial charge on any atom is -0.336 e. The molecule has 2 bridgehead atoms. The third-order valence-electron chi connectivity index (χ3n) is 5.96. The van der Waals surface area contributed by atoms with Gasteiger partial charge in [0.2, 0.25) is 11.8 Å². The fourth-order valence-electron chi connectivity index (χ4n) is 4.47. The monoisotopic (exact) mass is 441 g/mol. The summed E-state index contributed by atoms with van der Waals surface area (Å²) in [4.78, 5) is 28.6. The first-order valence-corrected chi connectivity index (χ1v) is 10.8. The Balaban J connectivity index is 1.41. The van der Waals surface area contributed by atoms with Crippen LogP contribution in [0, 0.1) is 5.82 Å². The molecule has 2 aliphatic heterocycles. The number of nitrogens with one attached hydrogen (secondary N) is 1. The number of carbonyl (C=O) groups excluding carboxylic acids is 2. The zero-order valence-electron chi connectivity index (χ0n) is 17.4. The molecule has 2 heterocycles. The smallest absolute Gasteiger partial charge is 0.246 e. The van der Waals surface area contributed by atoms with Crippen molar-refractivity contribution in [3.63, 3.8) is 0 Å². The van der Waals surface area contributed by atoms with Crippen LogP contribution in [-0.4, -0.2) is 46.8 Å². The number of carbonyl (C=O) groups is 2. The van der Waals surface area contributed by atoms with Gasteiger partial charge in [0, 0.05) is 55.4 Å². The van der Waals surface area contributed by atoms with Crippen molar-refractivity contribution < 1.29 is 14.0 Å². The van der Waals surface area contributed by atoms with E-state index >= 15 is 0 Å². The molecule has 2 fully saturated rings. The van der Waals surface area contributed by atoms with E-state index in [-0.39, 0.29) is 17.6 Å². The SMILES string of the molecule is CC(=O)Nc1cc(Cl)ccc1/C=C/C(=O)N1CC2CCC(C1)N2Cc1ccc(F)cc1. The van der Waals surface area contributed by atoms with Gasteiger partial charge >= 0.3 is 0 Å². The van der Waals surface area contributed by atoms with E-state index in [1.54, 1.807) is 30.4 Å². The van der Waals surface area contributed by atoms with E-state index in [1.165, 1.54) is 19.1 Å². The zero-order valence-corrected chi connectivity index (χ0v) is 18.1. The second kappa shape index (κ2) is 9.20. The van der Waals surface area contributed by atoms with Crippen molar-refractivity contribution in [1.29, 1.82) is 0 Å². The summed E-state index contributed by atoms with van der Waals surface area (Å²) < 4.78 is 13.2. The van der Waals surface area contributed by atoms with Gasteiger partial charge in [-0.2, -0.15) is 0 Å². The number of benzene rings is 2. The first kappa shape index (κ1) is 21.5. The normalized spacial score (nSPS) is 20.9. The number of anilines is 1. The molecule has 2 aromatic carbocycles. The van der Waals surface area contributed by atoms with Gasteiger partial charge < -0.3 is 10.2 Å². The number of likely N-dealkylation sites (tertiary alicyclic amines) is 1. The number of hydrogen-bond donors (Lipinski definition) is 1. The first-order chi connectivity index (χ1) is 14.9. The molecule has 5 nitrogen and oxygen atoms in total. The lowest BCUT2D eigenvalue weighted by Gasteiger charge is -2.40. The Hall–Kier alpha value is -2.70. The molecule has 2 saturated heterocycles. The summed E-state index contributed by atoms with van der Waals surface area (Å²) in [5.41, 5.74) is 2.39. The average molecular weight is 442 g/mol. The van der Waals surface area contributed by atoms with Gasteiger partial charge in [-0.1, -0.05) is 29.8 Å². The Labute approximate surface area is 186 Å². The van der Waals surface area contributed by atoms with Gasteiger partial charge in [-0.25, -0.2) is 4.39 Å². The lowest BCUT2D eigenvalue weighted by molar-refractivity contribution is -0.129. The number of halogens is 2. The van der Waals surface area contributed by atoms with Gasteiger partial charge in [-0.15, -0.1) is 0 Å². The predicted molar refractivity (Wildman–Crippen MR) is 120 cm³/mol. The second-order valence-corrected chi connectivity index (χ2v) is 8.61.